The molecule has 1 unspecified atom stereocenters. The van der Waals surface area contributed by atoms with E-state index in [2.05, 4.69) is 28.7 Å². The van der Waals surface area contributed by atoms with Crippen molar-refractivity contribution in [3.05, 3.63) is 98.8 Å². The highest BCUT2D eigenvalue weighted by atomic mass is 35.5. The van der Waals surface area contributed by atoms with E-state index >= 15 is 4.39 Å². The Labute approximate surface area is 257 Å². The Bertz CT molecular complexity index is 1350. The molecule has 1 N–H and O–H groups in total. The van der Waals surface area contributed by atoms with Gasteiger partial charge in [-0.05, 0) is 84.5 Å². The quantitative estimate of drug-likeness (QED) is 0.231. The third kappa shape index (κ3) is 7.40. The number of nitrogens with zero attached hydrogens (tertiary/aromatic N) is 1. The first kappa shape index (κ1) is 30.2. The number of rotatable bonds is 10. The lowest BCUT2D eigenvalue weighted by atomic mass is 9.79. The van der Waals surface area contributed by atoms with Gasteiger partial charge >= 0.3 is 0 Å². The maximum absolute atomic E-state index is 15.0. The van der Waals surface area contributed by atoms with Gasteiger partial charge in [0.25, 0.3) is 5.91 Å². The van der Waals surface area contributed by atoms with Crippen LogP contribution in [0.15, 0.2) is 60.7 Å². The number of ether oxygens (including phenoxy) is 1. The van der Waals surface area contributed by atoms with Crippen LogP contribution in [-0.4, -0.2) is 35.8 Å². The average molecular weight is 616 g/mol. The molecule has 3 aliphatic rings. The van der Waals surface area contributed by atoms with Gasteiger partial charge in [0.15, 0.2) is 0 Å². The first-order chi connectivity index (χ1) is 19.8. The summed E-state index contributed by atoms with van der Waals surface area (Å²) in [5.41, 5.74) is 3.15. The Morgan fingerprint density at radius 3 is 2.29 bits per heavy atom. The first-order valence-electron chi connectivity index (χ1n) is 14.5. The summed E-state index contributed by atoms with van der Waals surface area (Å²) < 4.78 is 24.2. The third-order valence-corrected chi connectivity index (χ3v) is 9.18. The van der Waals surface area contributed by atoms with Gasteiger partial charge in [-0.3, -0.25) is 14.4 Å². The zero-order valence-corrected chi connectivity index (χ0v) is 26.1. The number of halogens is 3. The highest BCUT2D eigenvalue weighted by Crippen LogP contribution is 2.46. The van der Waals surface area contributed by atoms with Gasteiger partial charge in [0, 0.05) is 39.9 Å². The van der Waals surface area contributed by atoms with Crippen LogP contribution in [0.25, 0.3) is 0 Å². The minimum Gasteiger partial charge on any atom is -0.493 e. The summed E-state index contributed by atoms with van der Waals surface area (Å²) in [6.45, 7) is 8.26. The molecule has 2 saturated carbocycles. The van der Waals surface area contributed by atoms with Crippen molar-refractivity contribution < 1.29 is 13.9 Å². The zero-order chi connectivity index (χ0) is 29.1. The molecule has 2 aliphatic carbocycles. The van der Waals surface area contributed by atoms with Crippen molar-refractivity contribution in [2.45, 2.75) is 63.7 Å². The molecule has 3 fully saturated rings. The molecule has 0 spiro atoms. The van der Waals surface area contributed by atoms with Crippen LogP contribution in [0.4, 0.5) is 4.39 Å². The summed E-state index contributed by atoms with van der Waals surface area (Å²) in [5, 5.41) is 1.69. The second-order valence-electron chi connectivity index (χ2n) is 11.4. The zero-order valence-electron chi connectivity index (χ0n) is 23.8. The molecule has 0 aromatic heterocycles. The predicted molar refractivity (Wildman–Crippen MR) is 168 cm³/mol. The van der Waals surface area contributed by atoms with E-state index in [1.54, 1.807) is 12.1 Å². The molecule has 1 heterocycles. The Morgan fingerprint density at radius 1 is 1.02 bits per heavy atom. The van der Waals surface area contributed by atoms with Gasteiger partial charge in [-0.25, -0.2) is 4.39 Å². The second kappa shape index (κ2) is 12.9. The minimum atomic E-state index is -0.536. The Morgan fingerprint density at radius 2 is 1.68 bits per heavy atom. The summed E-state index contributed by atoms with van der Waals surface area (Å²) in [4.78, 5) is 15.0. The molecule has 1 aliphatic heterocycles. The van der Waals surface area contributed by atoms with E-state index in [1.165, 1.54) is 23.6 Å². The van der Waals surface area contributed by atoms with E-state index in [4.69, 9.17) is 27.9 Å². The SMILES string of the molecule is CC.CC1(COc2cc(F)c(C(=O)NSC3CC3)cc2C2CC2)CN(C(c2ccccc2)c2cc(Cl)cc(Cl)c2)C1. The molecule has 4 nitrogen and oxygen atoms in total. The van der Waals surface area contributed by atoms with Gasteiger partial charge in [0.2, 0.25) is 0 Å². The summed E-state index contributed by atoms with van der Waals surface area (Å²) >= 11 is 14.1. The van der Waals surface area contributed by atoms with Crippen LogP contribution in [0, 0.1) is 11.2 Å². The molecule has 6 rings (SSSR count). The fourth-order valence-electron chi connectivity index (χ4n) is 5.40. The van der Waals surface area contributed by atoms with E-state index in [9.17, 15) is 4.79 Å². The Hall–Kier alpha value is -2.25. The van der Waals surface area contributed by atoms with Gasteiger partial charge in [-0.2, -0.15) is 0 Å². The first-order valence-corrected chi connectivity index (χ1v) is 16.1. The van der Waals surface area contributed by atoms with E-state index in [-0.39, 0.29) is 22.9 Å². The normalized spacial score (nSPS) is 18.5. The molecule has 3 aromatic carbocycles. The summed E-state index contributed by atoms with van der Waals surface area (Å²) in [6, 6.07) is 19.2. The fraction of sp³-hybridized carbons (Fsp3) is 0.424. The summed E-state index contributed by atoms with van der Waals surface area (Å²) in [5.74, 6) is -0.0237. The molecule has 218 valence electrons. The van der Waals surface area contributed by atoms with Crippen molar-refractivity contribution in [3.63, 3.8) is 0 Å². The highest BCUT2D eigenvalue weighted by Gasteiger charge is 2.44. The van der Waals surface area contributed by atoms with E-state index < -0.39 is 5.82 Å². The highest BCUT2D eigenvalue weighted by molar-refractivity contribution is 7.98. The van der Waals surface area contributed by atoms with Crippen molar-refractivity contribution in [2.75, 3.05) is 19.7 Å². The molecule has 1 atom stereocenters. The number of benzene rings is 3. The van der Waals surface area contributed by atoms with Gasteiger partial charge in [-0.1, -0.05) is 74.3 Å². The van der Waals surface area contributed by atoms with Crippen molar-refractivity contribution in [1.29, 1.82) is 0 Å². The molecule has 1 amide bonds. The van der Waals surface area contributed by atoms with Gasteiger partial charge < -0.3 is 4.74 Å². The second-order valence-corrected chi connectivity index (χ2v) is 13.4. The largest absolute Gasteiger partial charge is 0.493 e. The molecule has 1 saturated heterocycles. The van der Waals surface area contributed by atoms with Crippen LogP contribution in [0.3, 0.4) is 0 Å². The standard InChI is InChI=1S/C31H31Cl2FN2O2S.C2H6/c1-31(16-36(17-31)29(20-5-3-2-4-6-20)21-11-22(32)13-23(33)12-21)18-38-28-15-27(34)26(14-25(28)19-7-8-19)30(37)35-39-24-9-10-24;1-2/h2-6,11-15,19,24,29H,7-10,16-18H2,1H3,(H,35,37);1-2H3. The van der Waals surface area contributed by atoms with Gasteiger partial charge in [0.05, 0.1) is 18.2 Å². The molecule has 0 bridgehead atoms. The van der Waals surface area contributed by atoms with E-state index in [0.717, 1.165) is 49.9 Å². The third-order valence-electron chi connectivity index (χ3n) is 7.63. The van der Waals surface area contributed by atoms with Crippen molar-refractivity contribution >= 4 is 41.1 Å². The molecular formula is C33H37Cl2FN2O2S. The van der Waals surface area contributed by atoms with Crippen molar-refractivity contribution in [2.24, 2.45) is 5.41 Å². The number of carbonyl (C=O) groups excluding carboxylic acids is 1. The lowest BCUT2D eigenvalue weighted by molar-refractivity contribution is -0.0379. The Kier molecular flexibility index (Phi) is 9.54. The molecule has 41 heavy (non-hydrogen) atoms. The van der Waals surface area contributed by atoms with Crippen LogP contribution in [0.1, 0.15) is 85.5 Å². The summed E-state index contributed by atoms with van der Waals surface area (Å²) in [7, 11) is 0. The maximum Gasteiger partial charge on any atom is 0.264 e. The maximum atomic E-state index is 15.0. The number of hydrogen-bond acceptors (Lipinski definition) is 4. The number of carbonyl (C=O) groups is 1. The molecule has 8 heteroatoms. The average Bonchev–Trinajstić information content (AvgIpc) is 3.86. The van der Waals surface area contributed by atoms with Crippen LogP contribution in [-0.2, 0) is 0 Å². The topological polar surface area (TPSA) is 41.6 Å². The van der Waals surface area contributed by atoms with Gasteiger partial charge in [0.1, 0.15) is 11.6 Å². The summed E-state index contributed by atoms with van der Waals surface area (Å²) in [6.07, 6.45) is 4.27. The van der Waals surface area contributed by atoms with E-state index in [0.29, 0.717) is 33.6 Å². The molecule has 0 radical (unpaired) electrons. The predicted octanol–water partition coefficient (Wildman–Crippen LogP) is 9.07. The monoisotopic (exact) mass is 614 g/mol. The molecular weight excluding hydrogens is 578 g/mol. The van der Waals surface area contributed by atoms with Crippen LogP contribution in [0.2, 0.25) is 10.0 Å². The van der Waals surface area contributed by atoms with Crippen molar-refractivity contribution in [3.8, 4) is 5.75 Å². The lowest BCUT2D eigenvalue weighted by Gasteiger charge is -2.51. The minimum absolute atomic E-state index is 0.0150. The number of likely N-dealkylation sites (tertiary alicyclic amines) is 1. The smallest absolute Gasteiger partial charge is 0.264 e. The Balaban J connectivity index is 0.00000165. The number of nitrogens with one attached hydrogen (secondary N) is 1. The van der Waals surface area contributed by atoms with Crippen LogP contribution < -0.4 is 9.46 Å². The number of hydrogen-bond donors (Lipinski definition) is 1. The van der Waals surface area contributed by atoms with Crippen LogP contribution >= 0.6 is 35.1 Å². The van der Waals surface area contributed by atoms with Crippen molar-refractivity contribution in [1.82, 2.24) is 9.62 Å². The fourth-order valence-corrected chi connectivity index (χ4v) is 6.70. The molecule has 3 aromatic rings. The lowest BCUT2D eigenvalue weighted by Crippen LogP contribution is -2.58. The van der Waals surface area contributed by atoms with Gasteiger partial charge in [-0.15, -0.1) is 0 Å². The van der Waals surface area contributed by atoms with Crippen LogP contribution in [0.5, 0.6) is 5.75 Å². The van der Waals surface area contributed by atoms with E-state index in [1.807, 2.05) is 44.2 Å². The number of amides is 1.